The molecule has 1 aromatic heterocycles. The lowest BCUT2D eigenvalue weighted by molar-refractivity contribution is -0.136. The van der Waals surface area contributed by atoms with Crippen LogP contribution >= 0.6 is 23.7 Å². The summed E-state index contributed by atoms with van der Waals surface area (Å²) in [6.07, 6.45) is 1.97. The number of hydrogen-bond donors (Lipinski definition) is 1. The quantitative estimate of drug-likeness (QED) is 0.923. The Bertz CT molecular complexity index is 350. The molecule has 0 saturated carbocycles. The third-order valence-corrected chi connectivity index (χ3v) is 4.17. The number of halogens is 1. The fraction of sp³-hybridized carbons (Fsp3) is 0.615. The van der Waals surface area contributed by atoms with Crippen molar-refractivity contribution in [3.8, 4) is 0 Å². The Morgan fingerprint density at radius 2 is 2.22 bits per heavy atom. The standard InChI is InChI=1S/C13H20N2OS.ClH/c1-2-15(10-12-4-3-9-17-12)13(16)11-5-7-14-8-6-11;/h3-4,9,11,14H,2,5-8,10H2,1H3;1H. The van der Waals surface area contributed by atoms with Crippen LogP contribution in [0.2, 0.25) is 0 Å². The Morgan fingerprint density at radius 1 is 1.50 bits per heavy atom. The Kier molecular flexibility index (Phi) is 6.68. The summed E-state index contributed by atoms with van der Waals surface area (Å²) < 4.78 is 0. The van der Waals surface area contributed by atoms with Gasteiger partial charge in [-0.1, -0.05) is 6.07 Å². The van der Waals surface area contributed by atoms with Crippen molar-refractivity contribution in [1.82, 2.24) is 10.2 Å². The molecule has 1 aliphatic heterocycles. The first-order chi connectivity index (χ1) is 8.31. The van der Waals surface area contributed by atoms with E-state index in [1.54, 1.807) is 11.3 Å². The van der Waals surface area contributed by atoms with Crippen LogP contribution < -0.4 is 5.32 Å². The van der Waals surface area contributed by atoms with Crippen molar-refractivity contribution in [2.24, 2.45) is 5.92 Å². The highest BCUT2D eigenvalue weighted by atomic mass is 35.5. The van der Waals surface area contributed by atoms with Gasteiger partial charge in [0.05, 0.1) is 6.54 Å². The highest BCUT2D eigenvalue weighted by Crippen LogP contribution is 2.18. The molecule has 5 heteroatoms. The van der Waals surface area contributed by atoms with Gasteiger partial charge in [-0.25, -0.2) is 0 Å². The number of piperidine rings is 1. The molecular weight excluding hydrogens is 268 g/mol. The zero-order valence-corrected chi connectivity index (χ0v) is 12.4. The van der Waals surface area contributed by atoms with Crippen LogP contribution in [0, 0.1) is 5.92 Å². The van der Waals surface area contributed by atoms with Crippen LogP contribution in [0.3, 0.4) is 0 Å². The molecule has 0 unspecified atom stereocenters. The second kappa shape index (κ2) is 7.77. The van der Waals surface area contributed by atoms with Crippen molar-refractivity contribution in [3.63, 3.8) is 0 Å². The number of thiophene rings is 1. The first-order valence-electron chi connectivity index (χ1n) is 6.33. The highest BCUT2D eigenvalue weighted by Gasteiger charge is 2.25. The minimum atomic E-state index is 0. The van der Waals surface area contributed by atoms with E-state index in [4.69, 9.17) is 0 Å². The highest BCUT2D eigenvalue weighted by molar-refractivity contribution is 7.09. The van der Waals surface area contributed by atoms with Gasteiger partial charge in [-0.3, -0.25) is 4.79 Å². The second-order valence-electron chi connectivity index (χ2n) is 4.46. The van der Waals surface area contributed by atoms with Gasteiger partial charge in [0.15, 0.2) is 0 Å². The molecule has 1 saturated heterocycles. The van der Waals surface area contributed by atoms with Gasteiger partial charge < -0.3 is 10.2 Å². The van der Waals surface area contributed by atoms with Crippen LogP contribution in [-0.2, 0) is 11.3 Å². The normalized spacial score (nSPS) is 16.1. The predicted molar refractivity (Wildman–Crippen MR) is 78.3 cm³/mol. The summed E-state index contributed by atoms with van der Waals surface area (Å²) in [5.41, 5.74) is 0. The van der Waals surface area contributed by atoms with Gasteiger partial charge >= 0.3 is 0 Å². The Balaban J connectivity index is 0.00000162. The maximum atomic E-state index is 12.4. The van der Waals surface area contributed by atoms with Crippen LogP contribution in [0.15, 0.2) is 17.5 Å². The molecule has 102 valence electrons. The van der Waals surface area contributed by atoms with Gasteiger partial charge in [0.2, 0.25) is 5.91 Å². The van der Waals surface area contributed by atoms with E-state index in [1.807, 2.05) is 11.0 Å². The van der Waals surface area contributed by atoms with Crippen molar-refractivity contribution in [2.75, 3.05) is 19.6 Å². The van der Waals surface area contributed by atoms with E-state index in [0.717, 1.165) is 39.0 Å². The van der Waals surface area contributed by atoms with Gasteiger partial charge in [0.25, 0.3) is 0 Å². The van der Waals surface area contributed by atoms with Crippen molar-refractivity contribution >= 4 is 29.7 Å². The predicted octanol–water partition coefficient (Wildman–Crippen LogP) is 2.52. The molecule has 0 atom stereocenters. The molecule has 0 aromatic carbocycles. The van der Waals surface area contributed by atoms with Gasteiger partial charge in [-0.05, 0) is 44.3 Å². The molecule has 0 spiro atoms. The van der Waals surface area contributed by atoms with Crippen LogP contribution in [0.4, 0.5) is 0 Å². The number of hydrogen-bond acceptors (Lipinski definition) is 3. The maximum Gasteiger partial charge on any atom is 0.226 e. The zero-order valence-electron chi connectivity index (χ0n) is 10.7. The van der Waals surface area contributed by atoms with Crippen LogP contribution in [-0.4, -0.2) is 30.4 Å². The van der Waals surface area contributed by atoms with E-state index in [9.17, 15) is 4.79 Å². The number of amides is 1. The lowest BCUT2D eigenvalue weighted by Gasteiger charge is -2.28. The summed E-state index contributed by atoms with van der Waals surface area (Å²) >= 11 is 1.72. The fourth-order valence-corrected chi connectivity index (χ4v) is 2.98. The Morgan fingerprint density at radius 3 is 2.78 bits per heavy atom. The molecule has 1 N–H and O–H groups in total. The number of carbonyl (C=O) groups excluding carboxylic acids is 1. The molecule has 1 amide bonds. The topological polar surface area (TPSA) is 32.3 Å². The van der Waals surface area contributed by atoms with E-state index < -0.39 is 0 Å². The van der Waals surface area contributed by atoms with E-state index >= 15 is 0 Å². The van der Waals surface area contributed by atoms with E-state index in [0.29, 0.717) is 5.91 Å². The molecule has 2 rings (SSSR count). The number of carbonyl (C=O) groups is 1. The lowest BCUT2D eigenvalue weighted by atomic mass is 9.96. The van der Waals surface area contributed by atoms with Gasteiger partial charge in [0.1, 0.15) is 0 Å². The van der Waals surface area contributed by atoms with Gasteiger partial charge in [0, 0.05) is 17.3 Å². The van der Waals surface area contributed by atoms with Crippen LogP contribution in [0.1, 0.15) is 24.6 Å². The third kappa shape index (κ3) is 3.97. The summed E-state index contributed by atoms with van der Waals surface area (Å²) in [7, 11) is 0. The average molecular weight is 289 g/mol. The average Bonchev–Trinajstić information content (AvgIpc) is 2.89. The van der Waals surface area contributed by atoms with Crippen LogP contribution in [0.5, 0.6) is 0 Å². The molecule has 1 aromatic rings. The van der Waals surface area contributed by atoms with Gasteiger partial charge in [-0.2, -0.15) is 0 Å². The minimum Gasteiger partial charge on any atom is -0.338 e. The molecule has 1 fully saturated rings. The molecule has 0 aliphatic carbocycles. The smallest absolute Gasteiger partial charge is 0.226 e. The van der Waals surface area contributed by atoms with Crippen molar-refractivity contribution in [3.05, 3.63) is 22.4 Å². The molecule has 18 heavy (non-hydrogen) atoms. The lowest BCUT2D eigenvalue weighted by Crippen LogP contribution is -2.40. The first-order valence-corrected chi connectivity index (χ1v) is 7.21. The van der Waals surface area contributed by atoms with E-state index in [2.05, 4.69) is 23.7 Å². The SMILES string of the molecule is CCN(Cc1cccs1)C(=O)C1CCNCC1.Cl. The largest absolute Gasteiger partial charge is 0.338 e. The number of nitrogens with zero attached hydrogens (tertiary/aromatic N) is 1. The first kappa shape index (κ1) is 15.5. The molecule has 3 nitrogen and oxygen atoms in total. The fourth-order valence-electron chi connectivity index (χ4n) is 2.26. The maximum absolute atomic E-state index is 12.4. The zero-order chi connectivity index (χ0) is 12.1. The monoisotopic (exact) mass is 288 g/mol. The second-order valence-corrected chi connectivity index (χ2v) is 5.49. The number of rotatable bonds is 4. The van der Waals surface area contributed by atoms with E-state index in [1.165, 1.54) is 4.88 Å². The van der Waals surface area contributed by atoms with E-state index in [-0.39, 0.29) is 18.3 Å². The van der Waals surface area contributed by atoms with Crippen LogP contribution in [0.25, 0.3) is 0 Å². The summed E-state index contributed by atoms with van der Waals surface area (Å²) in [6.45, 7) is 5.60. The molecule has 2 heterocycles. The van der Waals surface area contributed by atoms with Gasteiger partial charge in [-0.15, -0.1) is 23.7 Å². The summed E-state index contributed by atoms with van der Waals surface area (Å²) in [5.74, 6) is 0.568. The summed E-state index contributed by atoms with van der Waals surface area (Å²) in [5, 5.41) is 5.37. The number of nitrogens with one attached hydrogen (secondary N) is 1. The Labute approximate surface area is 119 Å². The molecule has 0 radical (unpaired) electrons. The molecule has 1 aliphatic rings. The van der Waals surface area contributed by atoms with Crippen molar-refractivity contribution < 1.29 is 4.79 Å². The third-order valence-electron chi connectivity index (χ3n) is 3.31. The van der Waals surface area contributed by atoms with Crippen molar-refractivity contribution in [2.45, 2.75) is 26.3 Å². The Hall–Kier alpha value is -0.580. The summed E-state index contributed by atoms with van der Waals surface area (Å²) in [4.78, 5) is 15.6. The molecular formula is C13H21ClN2OS. The summed E-state index contributed by atoms with van der Waals surface area (Å²) in [6, 6.07) is 4.14. The van der Waals surface area contributed by atoms with Crippen molar-refractivity contribution in [1.29, 1.82) is 0 Å². The molecule has 0 bridgehead atoms. The minimum absolute atomic E-state index is 0.